The van der Waals surface area contributed by atoms with Crippen molar-refractivity contribution in [1.29, 1.82) is 5.26 Å². The number of ether oxygens (including phenoxy) is 3. The third-order valence-electron chi connectivity index (χ3n) is 5.00. The van der Waals surface area contributed by atoms with Crippen molar-refractivity contribution in [3.05, 3.63) is 96.6 Å². The van der Waals surface area contributed by atoms with Crippen LogP contribution in [0, 0.1) is 25.0 Å². The topological polar surface area (TPSA) is 141 Å². The third kappa shape index (κ3) is 7.05. The van der Waals surface area contributed by atoms with Gasteiger partial charge >= 0.3 is 5.97 Å². The van der Waals surface area contributed by atoms with Crippen LogP contribution in [0.25, 0.3) is 6.08 Å². The maximum Gasteiger partial charge on any atom is 0.337 e. The molecule has 0 saturated carbocycles. The molecule has 3 aromatic carbocycles. The zero-order valence-corrected chi connectivity index (χ0v) is 21.8. The number of nitro groups is 1. The maximum atomic E-state index is 12.7. The molecule has 10 nitrogen and oxygen atoms in total. The molecule has 3 aromatic rings. The van der Waals surface area contributed by atoms with Crippen LogP contribution in [-0.2, 0) is 16.1 Å². The number of anilines is 1. The van der Waals surface area contributed by atoms with E-state index in [2.05, 4.69) is 10.1 Å². The van der Waals surface area contributed by atoms with Crippen LogP contribution < -0.4 is 14.8 Å². The number of rotatable bonds is 9. The second-order valence-electron chi connectivity index (χ2n) is 7.44. The summed E-state index contributed by atoms with van der Waals surface area (Å²) in [5.74, 6) is -0.357. The molecule has 3 rings (SSSR count). The van der Waals surface area contributed by atoms with Gasteiger partial charge in [-0.1, -0.05) is 12.1 Å². The van der Waals surface area contributed by atoms with Gasteiger partial charge in [0.05, 0.1) is 28.3 Å². The molecule has 0 spiro atoms. The first kappa shape index (κ1) is 27.2. The number of nitrogens with one attached hydrogen (secondary N) is 1. The van der Waals surface area contributed by atoms with Gasteiger partial charge in [-0.05, 0) is 76.2 Å². The number of nitro benzene ring substituents is 1. The van der Waals surface area contributed by atoms with E-state index in [1.54, 1.807) is 24.3 Å². The van der Waals surface area contributed by atoms with E-state index in [0.29, 0.717) is 37.4 Å². The van der Waals surface area contributed by atoms with Crippen molar-refractivity contribution in [1.82, 2.24) is 0 Å². The summed E-state index contributed by atoms with van der Waals surface area (Å²) in [5, 5.41) is 23.2. The first-order valence-corrected chi connectivity index (χ1v) is 11.7. The summed E-state index contributed by atoms with van der Waals surface area (Å²) in [7, 11) is 2.73. The minimum absolute atomic E-state index is 0.0371. The van der Waals surface area contributed by atoms with Crippen LogP contribution in [0.3, 0.4) is 0 Å². The van der Waals surface area contributed by atoms with E-state index in [9.17, 15) is 25.0 Å². The Labute approximate surface area is 225 Å². The van der Waals surface area contributed by atoms with E-state index in [1.165, 1.54) is 56.7 Å². The highest BCUT2D eigenvalue weighted by molar-refractivity contribution is 14.1. The molecular weight excluding hydrogens is 593 g/mol. The van der Waals surface area contributed by atoms with Crippen molar-refractivity contribution < 1.29 is 28.7 Å². The number of methoxy groups -OCH3 is 2. The van der Waals surface area contributed by atoms with Gasteiger partial charge in [0.25, 0.3) is 11.6 Å². The van der Waals surface area contributed by atoms with Gasteiger partial charge in [0.2, 0.25) is 0 Å². The number of benzene rings is 3. The van der Waals surface area contributed by atoms with Crippen molar-refractivity contribution >= 4 is 51.9 Å². The number of esters is 1. The number of halogens is 1. The van der Waals surface area contributed by atoms with Crippen LogP contribution in [0.4, 0.5) is 11.4 Å². The van der Waals surface area contributed by atoms with Gasteiger partial charge in [0, 0.05) is 17.8 Å². The van der Waals surface area contributed by atoms with Gasteiger partial charge in [-0.3, -0.25) is 14.9 Å². The van der Waals surface area contributed by atoms with E-state index in [0.717, 1.165) is 0 Å². The highest BCUT2D eigenvalue weighted by Crippen LogP contribution is 2.35. The fourth-order valence-corrected chi connectivity index (χ4v) is 3.98. The van der Waals surface area contributed by atoms with Crippen molar-refractivity contribution in [2.24, 2.45) is 0 Å². The minimum Gasteiger partial charge on any atom is -0.493 e. The molecular formula is C26H20IN3O7. The Kier molecular flexibility index (Phi) is 9.17. The van der Waals surface area contributed by atoms with E-state index >= 15 is 0 Å². The van der Waals surface area contributed by atoms with Crippen molar-refractivity contribution in [2.45, 2.75) is 6.61 Å². The largest absolute Gasteiger partial charge is 0.493 e. The Bertz CT molecular complexity index is 1410. The number of carbonyl (C=O) groups excluding carboxylic acids is 2. The van der Waals surface area contributed by atoms with Crippen LogP contribution in [0.2, 0.25) is 0 Å². The second kappa shape index (κ2) is 12.5. The predicted molar refractivity (Wildman–Crippen MR) is 143 cm³/mol. The number of non-ortho nitro benzene ring substituents is 1. The van der Waals surface area contributed by atoms with Crippen LogP contribution in [0.15, 0.2) is 66.2 Å². The quantitative estimate of drug-likeness (QED) is 0.0876. The first-order chi connectivity index (χ1) is 17.7. The molecule has 0 heterocycles. The third-order valence-corrected chi connectivity index (χ3v) is 5.80. The molecule has 0 bridgehead atoms. The van der Waals surface area contributed by atoms with Crippen molar-refractivity contribution in [3.8, 4) is 17.6 Å². The lowest BCUT2D eigenvalue weighted by atomic mass is 10.1. The molecule has 0 aliphatic rings. The average Bonchev–Trinajstić information content (AvgIpc) is 2.90. The number of nitriles is 1. The lowest BCUT2D eigenvalue weighted by Gasteiger charge is -2.14. The Morgan fingerprint density at radius 2 is 1.86 bits per heavy atom. The predicted octanol–water partition coefficient (Wildman–Crippen LogP) is 5.12. The smallest absolute Gasteiger partial charge is 0.337 e. The average molecular weight is 613 g/mol. The summed E-state index contributed by atoms with van der Waals surface area (Å²) in [6.45, 7) is 0.0733. The molecule has 0 unspecified atom stereocenters. The first-order valence-electron chi connectivity index (χ1n) is 10.6. The van der Waals surface area contributed by atoms with Gasteiger partial charge in [-0.15, -0.1) is 0 Å². The van der Waals surface area contributed by atoms with Crippen molar-refractivity contribution in [3.63, 3.8) is 0 Å². The molecule has 11 heteroatoms. The SMILES string of the molecule is COC(=O)c1ccc(NC(=O)/C(C#N)=C/c2cc(I)c(OCc3cccc([N+](=O)[O-])c3)c(OC)c2)cc1. The number of amides is 1. The molecule has 0 aliphatic heterocycles. The summed E-state index contributed by atoms with van der Waals surface area (Å²) in [5.41, 5.74) is 1.67. The number of hydrogen-bond acceptors (Lipinski definition) is 8. The fraction of sp³-hybridized carbons (Fsp3) is 0.115. The Morgan fingerprint density at radius 1 is 1.14 bits per heavy atom. The van der Waals surface area contributed by atoms with Crippen molar-refractivity contribution in [2.75, 3.05) is 19.5 Å². The van der Waals surface area contributed by atoms with Crippen LogP contribution in [0.1, 0.15) is 21.5 Å². The van der Waals surface area contributed by atoms with Gasteiger partial charge in [0.1, 0.15) is 18.2 Å². The Balaban J connectivity index is 1.78. The van der Waals surface area contributed by atoms with Crippen LogP contribution in [-0.4, -0.2) is 31.0 Å². The van der Waals surface area contributed by atoms with Gasteiger partial charge in [-0.2, -0.15) is 5.26 Å². The lowest BCUT2D eigenvalue weighted by Crippen LogP contribution is -2.13. The van der Waals surface area contributed by atoms with E-state index in [1.807, 2.05) is 28.7 Å². The van der Waals surface area contributed by atoms with Crippen LogP contribution >= 0.6 is 22.6 Å². The number of carbonyl (C=O) groups is 2. The monoisotopic (exact) mass is 613 g/mol. The highest BCUT2D eigenvalue weighted by Gasteiger charge is 2.15. The maximum absolute atomic E-state index is 12.7. The van der Waals surface area contributed by atoms with Gasteiger partial charge in [-0.25, -0.2) is 4.79 Å². The molecule has 1 N–H and O–H groups in total. The van der Waals surface area contributed by atoms with E-state index in [-0.39, 0.29) is 17.9 Å². The zero-order chi connectivity index (χ0) is 26.9. The molecule has 0 radical (unpaired) electrons. The molecule has 0 fully saturated rings. The molecule has 0 saturated heterocycles. The number of hydrogen-bond donors (Lipinski definition) is 1. The van der Waals surface area contributed by atoms with Gasteiger partial charge in [0.15, 0.2) is 11.5 Å². The summed E-state index contributed by atoms with van der Waals surface area (Å²) in [6, 6.07) is 17.4. The molecule has 1 amide bonds. The normalized spacial score (nSPS) is 10.7. The summed E-state index contributed by atoms with van der Waals surface area (Å²) >= 11 is 2.04. The molecule has 0 aliphatic carbocycles. The van der Waals surface area contributed by atoms with Gasteiger partial charge < -0.3 is 19.5 Å². The Morgan fingerprint density at radius 3 is 2.49 bits per heavy atom. The molecule has 0 atom stereocenters. The summed E-state index contributed by atoms with van der Waals surface area (Å²) < 4.78 is 16.6. The van der Waals surface area contributed by atoms with E-state index < -0.39 is 16.8 Å². The molecule has 37 heavy (non-hydrogen) atoms. The summed E-state index contributed by atoms with van der Waals surface area (Å²) in [4.78, 5) is 34.7. The number of nitrogens with zero attached hydrogens (tertiary/aromatic N) is 2. The zero-order valence-electron chi connectivity index (χ0n) is 19.7. The molecule has 188 valence electrons. The lowest BCUT2D eigenvalue weighted by molar-refractivity contribution is -0.384. The summed E-state index contributed by atoms with van der Waals surface area (Å²) in [6.07, 6.45) is 1.41. The van der Waals surface area contributed by atoms with Crippen LogP contribution in [0.5, 0.6) is 11.5 Å². The molecule has 0 aromatic heterocycles. The second-order valence-corrected chi connectivity index (χ2v) is 8.60. The highest BCUT2D eigenvalue weighted by atomic mass is 127. The Hall–Kier alpha value is -4.44. The fourth-order valence-electron chi connectivity index (χ4n) is 3.20. The minimum atomic E-state index is -0.631. The van der Waals surface area contributed by atoms with E-state index in [4.69, 9.17) is 9.47 Å². The standard InChI is InChI=1S/C26H20IN3O7/c1-35-23-13-17(12-22(27)24(23)37-15-16-4-3-5-21(11-16)30(33)34)10-19(14-28)25(31)29-20-8-6-18(7-9-20)26(32)36-2/h3-13H,15H2,1-2H3,(H,29,31)/b19-10+.